The predicted octanol–water partition coefficient (Wildman–Crippen LogP) is 1.77. The first kappa shape index (κ1) is 11.5. The standard InChI is InChI=1S/C13H16N4/c1-3-15-13(17-14)11-8-9(2)16-12-7-5-4-6-10(11)12/h4-8H,3,14H2,1-2H3,(H,15,17). The van der Waals surface area contributed by atoms with Crippen LogP contribution in [0.5, 0.6) is 0 Å². The summed E-state index contributed by atoms with van der Waals surface area (Å²) in [6.07, 6.45) is 0. The van der Waals surface area contributed by atoms with Crippen LogP contribution in [-0.4, -0.2) is 17.4 Å². The maximum absolute atomic E-state index is 5.53. The number of fused-ring (bicyclic) bond motifs is 1. The molecule has 1 aromatic carbocycles. The highest BCUT2D eigenvalue weighted by Gasteiger charge is 2.08. The first-order chi connectivity index (χ1) is 8.26. The van der Waals surface area contributed by atoms with Crippen LogP contribution in [0, 0.1) is 6.92 Å². The SMILES string of the molecule is CCN=C(NN)c1cc(C)nc2ccccc12. The maximum Gasteiger partial charge on any atom is 0.143 e. The number of para-hydroxylation sites is 1. The lowest BCUT2D eigenvalue weighted by atomic mass is 10.1. The summed E-state index contributed by atoms with van der Waals surface area (Å²) in [6.45, 7) is 4.64. The van der Waals surface area contributed by atoms with Crippen LogP contribution < -0.4 is 11.3 Å². The fourth-order valence-corrected chi connectivity index (χ4v) is 1.87. The van der Waals surface area contributed by atoms with Gasteiger partial charge in [-0.1, -0.05) is 18.2 Å². The molecule has 0 saturated heterocycles. The van der Waals surface area contributed by atoms with Gasteiger partial charge in [-0.2, -0.15) is 0 Å². The second-order valence-corrected chi connectivity index (χ2v) is 3.80. The fraction of sp³-hybridized carbons (Fsp3) is 0.231. The monoisotopic (exact) mass is 228 g/mol. The van der Waals surface area contributed by atoms with E-state index in [0.717, 1.165) is 22.2 Å². The van der Waals surface area contributed by atoms with Gasteiger partial charge in [0, 0.05) is 23.2 Å². The number of benzene rings is 1. The zero-order valence-electron chi connectivity index (χ0n) is 10.1. The van der Waals surface area contributed by atoms with Gasteiger partial charge in [-0.25, -0.2) is 5.84 Å². The number of hydrazine groups is 1. The van der Waals surface area contributed by atoms with Crippen LogP contribution >= 0.6 is 0 Å². The molecule has 0 atom stereocenters. The molecule has 2 aromatic rings. The van der Waals surface area contributed by atoms with Gasteiger partial charge in [-0.15, -0.1) is 0 Å². The van der Waals surface area contributed by atoms with Gasteiger partial charge >= 0.3 is 0 Å². The van der Waals surface area contributed by atoms with E-state index in [9.17, 15) is 0 Å². The summed E-state index contributed by atoms with van der Waals surface area (Å²) in [5.41, 5.74) is 5.57. The van der Waals surface area contributed by atoms with E-state index in [-0.39, 0.29) is 0 Å². The van der Waals surface area contributed by atoms with E-state index in [4.69, 9.17) is 5.84 Å². The average Bonchev–Trinajstić information content (AvgIpc) is 2.35. The molecule has 0 unspecified atom stereocenters. The largest absolute Gasteiger partial charge is 0.308 e. The Morgan fingerprint density at radius 3 is 2.88 bits per heavy atom. The first-order valence-corrected chi connectivity index (χ1v) is 5.64. The number of aromatic nitrogens is 1. The lowest BCUT2D eigenvalue weighted by Crippen LogP contribution is -2.31. The lowest BCUT2D eigenvalue weighted by Gasteiger charge is -2.10. The second-order valence-electron chi connectivity index (χ2n) is 3.80. The van der Waals surface area contributed by atoms with Gasteiger partial charge in [0.2, 0.25) is 0 Å². The van der Waals surface area contributed by atoms with E-state index >= 15 is 0 Å². The number of nitrogens with zero attached hydrogens (tertiary/aromatic N) is 2. The third kappa shape index (κ3) is 2.26. The number of hydrogen-bond donors (Lipinski definition) is 2. The lowest BCUT2D eigenvalue weighted by molar-refractivity contribution is 0.992. The Kier molecular flexibility index (Phi) is 3.35. The molecule has 3 N–H and O–H groups in total. The van der Waals surface area contributed by atoms with Crippen LogP contribution in [0.15, 0.2) is 35.3 Å². The first-order valence-electron chi connectivity index (χ1n) is 5.64. The average molecular weight is 228 g/mol. The number of aryl methyl sites for hydroxylation is 1. The van der Waals surface area contributed by atoms with Crippen molar-refractivity contribution in [1.82, 2.24) is 10.4 Å². The van der Waals surface area contributed by atoms with E-state index in [0.29, 0.717) is 12.4 Å². The molecule has 0 fully saturated rings. The molecule has 0 amide bonds. The Bertz CT molecular complexity index is 560. The highest BCUT2D eigenvalue weighted by atomic mass is 15.2. The third-order valence-corrected chi connectivity index (χ3v) is 2.55. The van der Waals surface area contributed by atoms with Crippen molar-refractivity contribution in [3.63, 3.8) is 0 Å². The molecule has 0 aliphatic heterocycles. The molecular weight excluding hydrogens is 212 g/mol. The van der Waals surface area contributed by atoms with E-state index in [1.807, 2.05) is 44.2 Å². The van der Waals surface area contributed by atoms with Crippen LogP contribution in [-0.2, 0) is 0 Å². The van der Waals surface area contributed by atoms with Crippen LogP contribution in [0.1, 0.15) is 18.2 Å². The summed E-state index contributed by atoms with van der Waals surface area (Å²) in [6, 6.07) is 9.98. The van der Waals surface area contributed by atoms with E-state index in [1.54, 1.807) is 0 Å². The Morgan fingerprint density at radius 1 is 1.41 bits per heavy atom. The molecule has 17 heavy (non-hydrogen) atoms. The van der Waals surface area contributed by atoms with Crippen molar-refractivity contribution < 1.29 is 0 Å². The molecule has 0 radical (unpaired) electrons. The number of rotatable bonds is 2. The Balaban J connectivity index is 2.71. The summed E-state index contributed by atoms with van der Waals surface area (Å²) in [5.74, 6) is 6.23. The molecule has 4 heteroatoms. The van der Waals surface area contributed by atoms with Gasteiger partial charge < -0.3 is 5.43 Å². The minimum absolute atomic E-state index is 0.690. The van der Waals surface area contributed by atoms with E-state index in [2.05, 4.69) is 15.4 Å². The smallest absolute Gasteiger partial charge is 0.143 e. The van der Waals surface area contributed by atoms with Crippen molar-refractivity contribution >= 4 is 16.7 Å². The number of hydrogen-bond acceptors (Lipinski definition) is 3. The van der Waals surface area contributed by atoms with Crippen molar-refractivity contribution in [1.29, 1.82) is 0 Å². The van der Waals surface area contributed by atoms with Gasteiger partial charge in [0.15, 0.2) is 0 Å². The molecule has 0 bridgehead atoms. The number of pyridine rings is 1. The molecule has 0 spiro atoms. The van der Waals surface area contributed by atoms with Gasteiger partial charge in [0.1, 0.15) is 5.84 Å². The zero-order chi connectivity index (χ0) is 12.3. The van der Waals surface area contributed by atoms with Crippen LogP contribution in [0.25, 0.3) is 10.9 Å². The molecule has 0 aliphatic rings. The summed E-state index contributed by atoms with van der Waals surface area (Å²) >= 11 is 0. The van der Waals surface area contributed by atoms with Crippen molar-refractivity contribution in [3.8, 4) is 0 Å². The molecule has 88 valence electrons. The predicted molar refractivity (Wildman–Crippen MR) is 70.9 cm³/mol. The minimum atomic E-state index is 0.690. The normalized spacial score (nSPS) is 11.8. The van der Waals surface area contributed by atoms with E-state index in [1.165, 1.54) is 0 Å². The van der Waals surface area contributed by atoms with Gasteiger partial charge in [0.05, 0.1) is 5.52 Å². The number of amidine groups is 1. The summed E-state index contributed by atoms with van der Waals surface area (Å²) < 4.78 is 0. The van der Waals surface area contributed by atoms with E-state index < -0.39 is 0 Å². The van der Waals surface area contributed by atoms with Crippen molar-refractivity contribution in [2.45, 2.75) is 13.8 Å². The maximum atomic E-state index is 5.53. The van der Waals surface area contributed by atoms with Crippen LogP contribution in [0.3, 0.4) is 0 Å². The van der Waals surface area contributed by atoms with Crippen LogP contribution in [0.4, 0.5) is 0 Å². The molecule has 0 saturated carbocycles. The van der Waals surface area contributed by atoms with Crippen LogP contribution in [0.2, 0.25) is 0 Å². The quantitative estimate of drug-likeness (QED) is 0.356. The second kappa shape index (κ2) is 4.93. The number of nitrogens with two attached hydrogens (primary N) is 1. The molecule has 1 aromatic heterocycles. The van der Waals surface area contributed by atoms with Crippen molar-refractivity contribution in [2.75, 3.05) is 6.54 Å². The molecule has 1 heterocycles. The number of aliphatic imine (C=N–C) groups is 1. The summed E-state index contributed by atoms with van der Waals surface area (Å²) in [4.78, 5) is 8.85. The molecule has 0 aliphatic carbocycles. The Morgan fingerprint density at radius 2 is 2.18 bits per heavy atom. The summed E-state index contributed by atoms with van der Waals surface area (Å²) in [5, 5.41) is 1.06. The van der Waals surface area contributed by atoms with Crippen molar-refractivity contribution in [2.24, 2.45) is 10.8 Å². The Hall–Kier alpha value is -1.94. The molecule has 2 rings (SSSR count). The topological polar surface area (TPSA) is 63.3 Å². The highest BCUT2D eigenvalue weighted by molar-refractivity contribution is 6.08. The zero-order valence-corrected chi connectivity index (χ0v) is 10.1. The van der Waals surface area contributed by atoms with Crippen molar-refractivity contribution in [3.05, 3.63) is 41.6 Å². The highest BCUT2D eigenvalue weighted by Crippen LogP contribution is 2.18. The Labute approximate surface area is 101 Å². The number of nitrogens with one attached hydrogen (secondary N) is 1. The molecular formula is C13H16N4. The third-order valence-electron chi connectivity index (χ3n) is 2.55. The van der Waals surface area contributed by atoms with Gasteiger partial charge in [-0.3, -0.25) is 9.98 Å². The molecule has 4 nitrogen and oxygen atoms in total. The fourth-order valence-electron chi connectivity index (χ4n) is 1.87. The summed E-state index contributed by atoms with van der Waals surface area (Å²) in [7, 11) is 0. The van der Waals surface area contributed by atoms with Gasteiger partial charge in [-0.05, 0) is 26.0 Å². The minimum Gasteiger partial charge on any atom is -0.308 e. The van der Waals surface area contributed by atoms with Gasteiger partial charge in [0.25, 0.3) is 0 Å².